The van der Waals surface area contributed by atoms with Crippen molar-refractivity contribution < 1.29 is 4.79 Å². The maximum absolute atomic E-state index is 12.6. The molecule has 2 aromatic rings. The number of carbonyl (C=O) groups is 1. The number of aryl methyl sites for hydroxylation is 2. The van der Waals surface area contributed by atoms with Crippen molar-refractivity contribution in [1.29, 1.82) is 0 Å². The minimum absolute atomic E-state index is 0.0227. The van der Waals surface area contributed by atoms with Crippen molar-refractivity contribution in [2.75, 3.05) is 18.4 Å². The van der Waals surface area contributed by atoms with Crippen LogP contribution in [0.5, 0.6) is 0 Å². The molecule has 126 valence electrons. The van der Waals surface area contributed by atoms with Gasteiger partial charge in [-0.3, -0.25) is 0 Å². The summed E-state index contributed by atoms with van der Waals surface area (Å²) >= 11 is 0. The van der Waals surface area contributed by atoms with E-state index in [9.17, 15) is 4.79 Å². The summed E-state index contributed by atoms with van der Waals surface area (Å²) in [6, 6.07) is 6.35. The number of amides is 2. The SMILES string of the molecule is Cc1ccc(NC(=O)N2CCC(n3cnnc3C3CC3)C2)c(C)c1. The normalized spacial score (nSPS) is 20.4. The molecule has 1 unspecified atom stereocenters. The van der Waals surface area contributed by atoms with Gasteiger partial charge < -0.3 is 14.8 Å². The molecule has 2 heterocycles. The molecular weight excluding hydrogens is 302 g/mol. The van der Waals surface area contributed by atoms with Crippen LogP contribution in [0.2, 0.25) is 0 Å². The predicted octanol–water partition coefficient (Wildman–Crippen LogP) is 3.25. The molecule has 1 saturated heterocycles. The molecule has 1 aliphatic carbocycles. The summed E-state index contributed by atoms with van der Waals surface area (Å²) in [5, 5.41) is 11.4. The van der Waals surface area contributed by atoms with Crippen molar-refractivity contribution in [3.63, 3.8) is 0 Å². The van der Waals surface area contributed by atoms with Crippen LogP contribution in [0.4, 0.5) is 10.5 Å². The van der Waals surface area contributed by atoms with Gasteiger partial charge >= 0.3 is 6.03 Å². The minimum atomic E-state index is -0.0227. The second-order valence-corrected chi connectivity index (χ2v) is 7.01. The van der Waals surface area contributed by atoms with Crippen LogP contribution >= 0.6 is 0 Å². The summed E-state index contributed by atoms with van der Waals surface area (Å²) in [7, 11) is 0. The van der Waals surface area contributed by atoms with Gasteiger partial charge in [-0.05, 0) is 44.7 Å². The molecule has 1 N–H and O–H groups in total. The van der Waals surface area contributed by atoms with E-state index in [0.29, 0.717) is 18.5 Å². The van der Waals surface area contributed by atoms with E-state index in [4.69, 9.17) is 0 Å². The van der Waals surface area contributed by atoms with Gasteiger partial charge in [0.05, 0.1) is 6.04 Å². The molecule has 4 rings (SSSR count). The van der Waals surface area contributed by atoms with E-state index >= 15 is 0 Å². The zero-order valence-corrected chi connectivity index (χ0v) is 14.2. The molecule has 1 atom stereocenters. The van der Waals surface area contributed by atoms with E-state index in [1.807, 2.05) is 30.3 Å². The van der Waals surface area contributed by atoms with Crippen LogP contribution in [-0.2, 0) is 0 Å². The summed E-state index contributed by atoms with van der Waals surface area (Å²) in [4.78, 5) is 14.5. The van der Waals surface area contributed by atoms with Crippen LogP contribution in [0.25, 0.3) is 0 Å². The van der Waals surface area contributed by atoms with Crippen LogP contribution < -0.4 is 5.32 Å². The summed E-state index contributed by atoms with van der Waals surface area (Å²) < 4.78 is 2.18. The second-order valence-electron chi connectivity index (χ2n) is 7.01. The van der Waals surface area contributed by atoms with Crippen LogP contribution in [0.15, 0.2) is 24.5 Å². The van der Waals surface area contributed by atoms with Crippen LogP contribution in [0, 0.1) is 13.8 Å². The molecule has 1 aromatic heterocycles. The van der Waals surface area contributed by atoms with Crippen LogP contribution in [-0.4, -0.2) is 38.8 Å². The van der Waals surface area contributed by atoms with Gasteiger partial charge in [-0.2, -0.15) is 0 Å². The number of hydrogen-bond donors (Lipinski definition) is 1. The Labute approximate surface area is 141 Å². The van der Waals surface area contributed by atoms with Gasteiger partial charge in [0, 0.05) is 24.7 Å². The minimum Gasteiger partial charge on any atom is -0.322 e. The Balaban J connectivity index is 1.42. The third-order valence-electron chi connectivity index (χ3n) is 5.01. The van der Waals surface area contributed by atoms with Gasteiger partial charge in [0.2, 0.25) is 0 Å². The lowest BCUT2D eigenvalue weighted by molar-refractivity contribution is 0.220. The van der Waals surface area contributed by atoms with Crippen molar-refractivity contribution >= 4 is 11.7 Å². The third-order valence-corrected chi connectivity index (χ3v) is 5.01. The zero-order valence-electron chi connectivity index (χ0n) is 14.2. The molecular formula is C18H23N5O. The Morgan fingerprint density at radius 2 is 2.08 bits per heavy atom. The number of anilines is 1. The lowest BCUT2D eigenvalue weighted by atomic mass is 10.1. The number of nitrogens with one attached hydrogen (secondary N) is 1. The van der Waals surface area contributed by atoms with E-state index in [2.05, 4.69) is 33.1 Å². The summed E-state index contributed by atoms with van der Waals surface area (Å²) in [5.74, 6) is 1.67. The fourth-order valence-corrected chi connectivity index (χ4v) is 3.47. The topological polar surface area (TPSA) is 63.1 Å². The Hall–Kier alpha value is -2.37. The molecule has 0 radical (unpaired) electrons. The fraction of sp³-hybridized carbons (Fsp3) is 0.500. The molecule has 2 aliphatic rings. The zero-order chi connectivity index (χ0) is 16.7. The summed E-state index contributed by atoms with van der Waals surface area (Å²) in [6.07, 6.45) is 5.20. The Morgan fingerprint density at radius 3 is 2.83 bits per heavy atom. The molecule has 0 spiro atoms. The number of hydrogen-bond acceptors (Lipinski definition) is 3. The number of urea groups is 1. The maximum atomic E-state index is 12.6. The van der Waals surface area contributed by atoms with Crippen molar-refractivity contribution in [3.05, 3.63) is 41.5 Å². The number of carbonyl (C=O) groups excluding carboxylic acids is 1. The molecule has 2 fully saturated rings. The Kier molecular flexibility index (Phi) is 3.75. The first-order valence-corrected chi connectivity index (χ1v) is 8.64. The quantitative estimate of drug-likeness (QED) is 0.942. The molecule has 24 heavy (non-hydrogen) atoms. The molecule has 2 amide bonds. The number of rotatable bonds is 3. The molecule has 1 aliphatic heterocycles. The van der Waals surface area contributed by atoms with E-state index in [0.717, 1.165) is 30.0 Å². The third kappa shape index (κ3) is 2.88. The highest BCUT2D eigenvalue weighted by atomic mass is 16.2. The number of aromatic nitrogens is 3. The standard InChI is InChI=1S/C18H23N5O/c1-12-3-6-16(13(2)9-12)20-18(24)22-8-7-15(10-22)23-11-19-21-17(23)14-4-5-14/h3,6,9,11,14-15H,4-5,7-8,10H2,1-2H3,(H,20,24). The highest BCUT2D eigenvalue weighted by molar-refractivity contribution is 5.90. The first kappa shape index (κ1) is 15.2. The lowest BCUT2D eigenvalue weighted by Gasteiger charge is -2.19. The van der Waals surface area contributed by atoms with Crippen LogP contribution in [0.3, 0.4) is 0 Å². The smallest absolute Gasteiger partial charge is 0.321 e. The lowest BCUT2D eigenvalue weighted by Crippen LogP contribution is -2.33. The van der Waals surface area contributed by atoms with Gasteiger partial charge in [-0.15, -0.1) is 10.2 Å². The first-order valence-electron chi connectivity index (χ1n) is 8.64. The predicted molar refractivity (Wildman–Crippen MR) is 92.2 cm³/mol. The monoisotopic (exact) mass is 325 g/mol. The van der Waals surface area contributed by atoms with Gasteiger partial charge in [0.25, 0.3) is 0 Å². The van der Waals surface area contributed by atoms with E-state index in [-0.39, 0.29) is 6.03 Å². The molecule has 6 nitrogen and oxygen atoms in total. The maximum Gasteiger partial charge on any atom is 0.321 e. The molecule has 6 heteroatoms. The van der Waals surface area contributed by atoms with E-state index in [1.165, 1.54) is 18.4 Å². The molecule has 1 aromatic carbocycles. The van der Waals surface area contributed by atoms with Crippen molar-refractivity contribution in [2.45, 2.75) is 45.1 Å². The molecule has 0 bridgehead atoms. The van der Waals surface area contributed by atoms with E-state index in [1.54, 1.807) is 0 Å². The average Bonchev–Trinajstić information content (AvgIpc) is 3.09. The highest BCUT2D eigenvalue weighted by Gasteiger charge is 2.34. The largest absolute Gasteiger partial charge is 0.322 e. The number of nitrogens with zero attached hydrogens (tertiary/aromatic N) is 4. The second kappa shape index (κ2) is 5.92. The van der Waals surface area contributed by atoms with Crippen molar-refractivity contribution in [3.8, 4) is 0 Å². The Bertz CT molecular complexity index is 765. The van der Waals surface area contributed by atoms with Gasteiger partial charge in [0.1, 0.15) is 12.2 Å². The Morgan fingerprint density at radius 1 is 1.25 bits per heavy atom. The fourth-order valence-electron chi connectivity index (χ4n) is 3.47. The number of likely N-dealkylation sites (tertiary alicyclic amines) is 1. The van der Waals surface area contributed by atoms with Crippen LogP contribution in [0.1, 0.15) is 48.2 Å². The van der Waals surface area contributed by atoms with Gasteiger partial charge in [0.15, 0.2) is 0 Å². The highest BCUT2D eigenvalue weighted by Crippen LogP contribution is 2.40. The van der Waals surface area contributed by atoms with E-state index < -0.39 is 0 Å². The summed E-state index contributed by atoms with van der Waals surface area (Å²) in [5.41, 5.74) is 3.18. The molecule has 1 saturated carbocycles. The number of benzene rings is 1. The first-order chi connectivity index (χ1) is 11.6. The average molecular weight is 325 g/mol. The summed E-state index contributed by atoms with van der Waals surface area (Å²) in [6.45, 7) is 5.56. The van der Waals surface area contributed by atoms with Gasteiger partial charge in [-0.1, -0.05) is 17.7 Å². The van der Waals surface area contributed by atoms with Crippen molar-refractivity contribution in [1.82, 2.24) is 19.7 Å². The van der Waals surface area contributed by atoms with Gasteiger partial charge in [-0.25, -0.2) is 4.79 Å². The van der Waals surface area contributed by atoms with Crippen molar-refractivity contribution in [2.24, 2.45) is 0 Å².